The van der Waals surface area contributed by atoms with E-state index in [0.717, 1.165) is 12.8 Å². The van der Waals surface area contributed by atoms with Crippen LogP contribution in [-0.4, -0.2) is 53.7 Å². The molecule has 29 heavy (non-hydrogen) atoms. The van der Waals surface area contributed by atoms with Crippen LogP contribution in [-0.2, 0) is 25.4 Å². The molecule has 1 rings (SSSR count). The van der Waals surface area contributed by atoms with E-state index >= 15 is 0 Å². The molecule has 0 aromatic heterocycles. The lowest BCUT2D eigenvalue weighted by atomic mass is 9.93. The normalized spacial score (nSPS) is 13.4. The molecule has 0 aliphatic heterocycles. The summed E-state index contributed by atoms with van der Waals surface area (Å²) in [5.41, 5.74) is -1.24. The quantitative estimate of drug-likeness (QED) is 0.459. The Labute approximate surface area is 173 Å². The van der Waals surface area contributed by atoms with Crippen LogP contribution in [0.15, 0.2) is 24.3 Å². The lowest BCUT2D eigenvalue weighted by Gasteiger charge is -2.39. The van der Waals surface area contributed by atoms with Gasteiger partial charge in [0.1, 0.15) is 23.6 Å². The molecule has 1 aromatic carbocycles. The van der Waals surface area contributed by atoms with Crippen LogP contribution in [0.3, 0.4) is 0 Å². The minimum absolute atomic E-state index is 0.0905. The van der Waals surface area contributed by atoms with Gasteiger partial charge in [-0.05, 0) is 45.7 Å². The Morgan fingerprint density at radius 2 is 1.79 bits per heavy atom. The van der Waals surface area contributed by atoms with Gasteiger partial charge in [-0.3, -0.25) is 4.90 Å². The van der Waals surface area contributed by atoms with Crippen molar-refractivity contribution in [2.45, 2.75) is 71.4 Å². The number of amides is 1. The number of hydrogen-bond donors (Lipinski definition) is 1. The minimum Gasteiger partial charge on any atom is -0.508 e. The first-order chi connectivity index (χ1) is 13.5. The SMILES string of the molecule is CCCC[C@@](C)(C(=O)OCCc1ccccc1O)N(COC)C(=O)OC(C)(C)C. The summed E-state index contributed by atoms with van der Waals surface area (Å²) in [4.78, 5) is 27.1. The highest BCUT2D eigenvalue weighted by Crippen LogP contribution is 2.27. The van der Waals surface area contributed by atoms with Crippen molar-refractivity contribution < 1.29 is 28.9 Å². The van der Waals surface area contributed by atoms with Crippen LogP contribution in [0.1, 0.15) is 59.4 Å². The predicted molar refractivity (Wildman–Crippen MR) is 111 cm³/mol. The van der Waals surface area contributed by atoms with Crippen LogP contribution in [0.4, 0.5) is 4.79 Å². The molecule has 0 fully saturated rings. The number of carbonyl (C=O) groups is 2. The highest BCUT2D eigenvalue weighted by atomic mass is 16.6. The van der Waals surface area contributed by atoms with Gasteiger partial charge in [0.25, 0.3) is 0 Å². The van der Waals surface area contributed by atoms with E-state index in [9.17, 15) is 14.7 Å². The number of rotatable bonds is 10. The molecule has 0 radical (unpaired) electrons. The number of methoxy groups -OCH3 is 1. The molecule has 7 heteroatoms. The summed E-state index contributed by atoms with van der Waals surface area (Å²) < 4.78 is 16.2. The summed E-state index contributed by atoms with van der Waals surface area (Å²) in [5, 5.41) is 9.86. The maximum Gasteiger partial charge on any atom is 0.413 e. The number of phenols is 1. The highest BCUT2D eigenvalue weighted by Gasteiger charge is 2.45. The fourth-order valence-corrected chi connectivity index (χ4v) is 2.84. The van der Waals surface area contributed by atoms with Gasteiger partial charge in [-0.1, -0.05) is 38.0 Å². The van der Waals surface area contributed by atoms with E-state index in [-0.39, 0.29) is 19.1 Å². The molecule has 0 heterocycles. The molecule has 0 saturated heterocycles. The van der Waals surface area contributed by atoms with Crippen LogP contribution in [0.25, 0.3) is 0 Å². The average molecular weight is 410 g/mol. The maximum atomic E-state index is 13.0. The second-order valence-electron chi connectivity index (χ2n) is 8.22. The van der Waals surface area contributed by atoms with E-state index in [4.69, 9.17) is 14.2 Å². The highest BCUT2D eigenvalue weighted by molar-refractivity contribution is 5.85. The third kappa shape index (κ3) is 7.57. The van der Waals surface area contributed by atoms with E-state index in [0.29, 0.717) is 18.4 Å². The number of benzene rings is 1. The van der Waals surface area contributed by atoms with Gasteiger partial charge in [-0.15, -0.1) is 0 Å². The second-order valence-corrected chi connectivity index (χ2v) is 8.22. The first-order valence-corrected chi connectivity index (χ1v) is 9.98. The molecule has 0 aliphatic rings. The molecule has 0 spiro atoms. The summed E-state index contributed by atoms with van der Waals surface area (Å²) >= 11 is 0. The van der Waals surface area contributed by atoms with Crippen LogP contribution < -0.4 is 0 Å². The second kappa shape index (κ2) is 11.0. The number of ether oxygens (including phenoxy) is 3. The van der Waals surface area contributed by atoms with Gasteiger partial charge in [0.2, 0.25) is 0 Å². The van der Waals surface area contributed by atoms with Crippen LogP contribution >= 0.6 is 0 Å². The Balaban J connectivity index is 2.97. The first-order valence-electron chi connectivity index (χ1n) is 9.98. The fraction of sp³-hybridized carbons (Fsp3) is 0.636. The van der Waals surface area contributed by atoms with Crippen LogP contribution in [0.2, 0.25) is 0 Å². The van der Waals surface area contributed by atoms with Crippen molar-refractivity contribution in [3.05, 3.63) is 29.8 Å². The van der Waals surface area contributed by atoms with E-state index in [1.54, 1.807) is 45.9 Å². The Bertz CT molecular complexity index is 670. The number of carbonyl (C=O) groups excluding carboxylic acids is 2. The lowest BCUT2D eigenvalue weighted by molar-refractivity contribution is -0.161. The van der Waals surface area contributed by atoms with Gasteiger partial charge in [-0.25, -0.2) is 9.59 Å². The molecular formula is C22H35NO6. The Morgan fingerprint density at radius 3 is 2.34 bits per heavy atom. The standard InChI is InChI=1S/C22H35NO6/c1-7-8-14-22(5,23(16-27-6)20(26)29-21(2,3)4)19(25)28-15-13-17-11-9-10-12-18(17)24/h9-12,24H,7-8,13-16H2,1-6H3/t22-/m0/s1. The van der Waals surface area contributed by atoms with E-state index < -0.39 is 23.2 Å². The molecule has 0 unspecified atom stereocenters. The summed E-state index contributed by atoms with van der Waals surface area (Å²) in [6, 6.07) is 6.91. The van der Waals surface area contributed by atoms with E-state index in [1.807, 2.05) is 13.0 Å². The molecule has 1 amide bonds. The summed E-state index contributed by atoms with van der Waals surface area (Å²) in [7, 11) is 1.46. The van der Waals surface area contributed by atoms with E-state index in [2.05, 4.69) is 0 Å². The third-order valence-corrected chi connectivity index (χ3v) is 4.52. The number of phenolic OH excluding ortho intramolecular Hbond substituents is 1. The number of hydrogen-bond acceptors (Lipinski definition) is 6. The zero-order chi connectivity index (χ0) is 22.1. The zero-order valence-electron chi connectivity index (χ0n) is 18.5. The molecule has 1 N–H and O–H groups in total. The molecule has 164 valence electrons. The van der Waals surface area contributed by atoms with Gasteiger partial charge in [0, 0.05) is 13.5 Å². The van der Waals surface area contributed by atoms with Gasteiger partial charge >= 0.3 is 12.1 Å². The van der Waals surface area contributed by atoms with Crippen molar-refractivity contribution >= 4 is 12.1 Å². The third-order valence-electron chi connectivity index (χ3n) is 4.52. The Morgan fingerprint density at radius 1 is 1.14 bits per heavy atom. The van der Waals surface area contributed by atoms with Gasteiger partial charge in [0.05, 0.1) is 6.61 Å². The number of nitrogens with zero attached hydrogens (tertiary/aromatic N) is 1. The summed E-state index contributed by atoms with van der Waals surface area (Å²) in [6.45, 7) is 8.99. The molecular weight excluding hydrogens is 374 g/mol. The molecule has 0 aliphatic carbocycles. The number of aromatic hydroxyl groups is 1. The van der Waals surface area contributed by atoms with Crippen molar-refractivity contribution in [1.82, 2.24) is 4.90 Å². The number of unbranched alkanes of at least 4 members (excludes halogenated alkanes) is 1. The van der Waals surface area contributed by atoms with Crippen LogP contribution in [0, 0.1) is 0 Å². The van der Waals surface area contributed by atoms with Gasteiger partial charge < -0.3 is 19.3 Å². The molecule has 0 bridgehead atoms. The van der Waals surface area contributed by atoms with Crippen molar-refractivity contribution in [2.75, 3.05) is 20.4 Å². The molecule has 1 aromatic rings. The fourth-order valence-electron chi connectivity index (χ4n) is 2.84. The van der Waals surface area contributed by atoms with Gasteiger partial charge in [-0.2, -0.15) is 0 Å². The minimum atomic E-state index is -1.23. The van der Waals surface area contributed by atoms with Gasteiger partial charge in [0.15, 0.2) is 0 Å². The summed E-state index contributed by atoms with van der Waals surface area (Å²) in [6.07, 6.45) is 1.75. The van der Waals surface area contributed by atoms with Crippen LogP contribution in [0.5, 0.6) is 5.75 Å². The molecule has 7 nitrogen and oxygen atoms in total. The largest absolute Gasteiger partial charge is 0.508 e. The number of para-hydroxylation sites is 1. The maximum absolute atomic E-state index is 13.0. The van der Waals surface area contributed by atoms with Crippen molar-refractivity contribution in [1.29, 1.82) is 0 Å². The first kappa shape index (κ1) is 24.8. The predicted octanol–water partition coefficient (Wildman–Crippen LogP) is 4.27. The number of esters is 1. The monoisotopic (exact) mass is 409 g/mol. The van der Waals surface area contributed by atoms with Crippen molar-refractivity contribution in [3.63, 3.8) is 0 Å². The van der Waals surface area contributed by atoms with Crippen molar-refractivity contribution in [2.24, 2.45) is 0 Å². The molecule has 1 atom stereocenters. The van der Waals surface area contributed by atoms with E-state index in [1.165, 1.54) is 12.0 Å². The molecule has 0 saturated carbocycles. The zero-order valence-corrected chi connectivity index (χ0v) is 18.5. The Hall–Kier alpha value is -2.28. The van der Waals surface area contributed by atoms with Crippen molar-refractivity contribution in [3.8, 4) is 5.75 Å². The summed E-state index contributed by atoms with van der Waals surface area (Å²) in [5.74, 6) is -0.365. The lowest BCUT2D eigenvalue weighted by Crippen LogP contribution is -2.57. The Kier molecular flexibility index (Phi) is 9.43. The average Bonchev–Trinajstić information content (AvgIpc) is 2.64. The smallest absolute Gasteiger partial charge is 0.413 e. The topological polar surface area (TPSA) is 85.3 Å².